The van der Waals surface area contributed by atoms with E-state index in [1.54, 1.807) is 14.2 Å². The number of nitrogens with one attached hydrogen (secondary N) is 1. The molecule has 2 aliphatic heterocycles. The fourth-order valence-electron chi connectivity index (χ4n) is 6.44. The summed E-state index contributed by atoms with van der Waals surface area (Å²) in [6.45, 7) is 10.1. The average Bonchev–Trinajstić information content (AvgIpc) is 3.33. The lowest BCUT2D eigenvalue weighted by Gasteiger charge is -2.34. The topological polar surface area (TPSA) is 44.0 Å². The molecule has 3 aromatic carbocycles. The molecule has 0 amide bonds. The summed E-state index contributed by atoms with van der Waals surface area (Å²) < 4.78 is 11.0. The van der Waals surface area contributed by atoms with Gasteiger partial charge >= 0.3 is 0 Å². The Bertz CT molecular complexity index is 1450. The number of aromatic amines is 1. The van der Waals surface area contributed by atoms with E-state index in [1.807, 2.05) is 12.1 Å². The molecule has 3 heterocycles. The Kier molecular flexibility index (Phi) is 7.72. The van der Waals surface area contributed by atoms with E-state index in [1.165, 1.54) is 46.1 Å². The van der Waals surface area contributed by atoms with Gasteiger partial charge in [-0.15, -0.1) is 0 Å². The molecule has 1 N–H and O–H groups in total. The van der Waals surface area contributed by atoms with Crippen LogP contribution in [0.3, 0.4) is 0 Å². The zero-order valence-electron chi connectivity index (χ0n) is 24.4. The molecule has 4 aromatic rings. The second-order valence-electron chi connectivity index (χ2n) is 11.5. The maximum absolute atomic E-state index is 5.54. The predicted molar refractivity (Wildman–Crippen MR) is 165 cm³/mol. The highest BCUT2D eigenvalue weighted by Crippen LogP contribution is 2.37. The second kappa shape index (κ2) is 11.6. The first kappa shape index (κ1) is 26.7. The van der Waals surface area contributed by atoms with Gasteiger partial charge < -0.3 is 24.3 Å². The number of methoxy groups -OCH3 is 2. The minimum Gasteiger partial charge on any atom is -0.493 e. The first-order chi connectivity index (χ1) is 19.5. The largest absolute Gasteiger partial charge is 0.493 e. The quantitative estimate of drug-likeness (QED) is 0.300. The molecule has 0 aliphatic carbocycles. The van der Waals surface area contributed by atoms with Gasteiger partial charge in [-0.1, -0.05) is 18.2 Å². The zero-order chi connectivity index (χ0) is 27.6. The molecule has 40 heavy (non-hydrogen) atoms. The van der Waals surface area contributed by atoms with Gasteiger partial charge in [-0.2, -0.15) is 0 Å². The van der Waals surface area contributed by atoms with Crippen LogP contribution in [0.25, 0.3) is 22.2 Å². The van der Waals surface area contributed by atoms with Gasteiger partial charge in [0.25, 0.3) is 0 Å². The van der Waals surface area contributed by atoms with Crippen LogP contribution in [-0.2, 0) is 6.54 Å². The minimum atomic E-state index is 0.610. The number of aryl methyl sites for hydroxylation is 1. The van der Waals surface area contributed by atoms with E-state index in [0.29, 0.717) is 5.92 Å². The number of hydrogen-bond donors (Lipinski definition) is 1. The molecular formula is C34H42N4O2. The van der Waals surface area contributed by atoms with Crippen LogP contribution >= 0.6 is 0 Å². The summed E-state index contributed by atoms with van der Waals surface area (Å²) in [4.78, 5) is 11.2. The molecule has 0 radical (unpaired) electrons. The molecular weight excluding hydrogens is 496 g/mol. The molecule has 0 bridgehead atoms. The van der Waals surface area contributed by atoms with Crippen molar-refractivity contribution in [1.29, 1.82) is 0 Å². The molecule has 210 valence electrons. The Labute approximate surface area is 238 Å². The number of benzene rings is 3. The Morgan fingerprint density at radius 3 is 2.23 bits per heavy atom. The third kappa shape index (κ3) is 5.43. The number of piperidine rings is 1. The molecule has 0 spiro atoms. The Balaban J connectivity index is 1.10. The highest BCUT2D eigenvalue weighted by molar-refractivity contribution is 5.91. The lowest BCUT2D eigenvalue weighted by molar-refractivity contribution is 0.204. The first-order valence-corrected chi connectivity index (χ1v) is 14.6. The SMILES string of the molecule is COc1ccc(-c2[nH]c3ccc(C4CCN(Cc5ccc(N6CCN(C)CC6)cc5)CC4)cc3c2C)cc1OC. The van der Waals surface area contributed by atoms with Crippen molar-refractivity contribution < 1.29 is 9.47 Å². The van der Waals surface area contributed by atoms with Crippen molar-refractivity contribution in [1.82, 2.24) is 14.8 Å². The van der Waals surface area contributed by atoms with E-state index in [4.69, 9.17) is 9.47 Å². The van der Waals surface area contributed by atoms with Gasteiger partial charge in [-0.05, 0) is 105 Å². The first-order valence-electron chi connectivity index (χ1n) is 14.6. The van der Waals surface area contributed by atoms with Crippen molar-refractivity contribution >= 4 is 16.6 Å². The maximum Gasteiger partial charge on any atom is 0.161 e. The number of nitrogens with zero attached hydrogens (tertiary/aromatic N) is 3. The Morgan fingerprint density at radius 2 is 1.52 bits per heavy atom. The van der Waals surface area contributed by atoms with Crippen LogP contribution in [0.1, 0.15) is 35.4 Å². The van der Waals surface area contributed by atoms with E-state index in [9.17, 15) is 0 Å². The van der Waals surface area contributed by atoms with Crippen molar-refractivity contribution in [3.8, 4) is 22.8 Å². The van der Waals surface area contributed by atoms with Crippen molar-refractivity contribution in [2.45, 2.75) is 32.2 Å². The monoisotopic (exact) mass is 538 g/mol. The van der Waals surface area contributed by atoms with E-state index < -0.39 is 0 Å². The lowest BCUT2D eigenvalue weighted by Crippen LogP contribution is -2.44. The molecule has 6 heteroatoms. The van der Waals surface area contributed by atoms with Crippen molar-refractivity contribution in [3.63, 3.8) is 0 Å². The molecule has 6 rings (SSSR count). The third-order valence-electron chi connectivity index (χ3n) is 9.02. The summed E-state index contributed by atoms with van der Waals surface area (Å²) in [5.41, 5.74) is 8.96. The van der Waals surface area contributed by atoms with Crippen molar-refractivity contribution in [3.05, 3.63) is 77.4 Å². The molecule has 0 saturated carbocycles. The van der Waals surface area contributed by atoms with Gasteiger partial charge in [0.2, 0.25) is 0 Å². The third-order valence-corrected chi connectivity index (χ3v) is 9.02. The van der Waals surface area contributed by atoms with Crippen LogP contribution in [0, 0.1) is 6.92 Å². The number of anilines is 1. The minimum absolute atomic E-state index is 0.610. The van der Waals surface area contributed by atoms with E-state index in [-0.39, 0.29) is 0 Å². The number of likely N-dealkylation sites (N-methyl/N-ethyl adjacent to an activating group) is 1. The Hall–Kier alpha value is -3.48. The number of piperazine rings is 1. The number of ether oxygens (including phenoxy) is 2. The summed E-state index contributed by atoms with van der Waals surface area (Å²) in [5, 5.41) is 1.31. The number of rotatable bonds is 7. The zero-order valence-corrected chi connectivity index (χ0v) is 24.4. The summed E-state index contributed by atoms with van der Waals surface area (Å²) in [5.74, 6) is 2.10. The van der Waals surface area contributed by atoms with Gasteiger partial charge in [0.05, 0.1) is 14.2 Å². The number of H-pyrrole nitrogens is 1. The molecule has 2 fully saturated rings. The molecule has 2 aliphatic rings. The van der Waals surface area contributed by atoms with Crippen LogP contribution in [0.4, 0.5) is 5.69 Å². The highest BCUT2D eigenvalue weighted by atomic mass is 16.5. The number of aromatic nitrogens is 1. The molecule has 2 saturated heterocycles. The van der Waals surface area contributed by atoms with Gasteiger partial charge in [-0.3, -0.25) is 4.90 Å². The summed E-state index contributed by atoms with van der Waals surface area (Å²) in [6.07, 6.45) is 2.41. The fraction of sp³-hybridized carbons (Fsp3) is 0.412. The average molecular weight is 539 g/mol. The predicted octanol–water partition coefficient (Wildman–Crippen LogP) is 6.29. The van der Waals surface area contributed by atoms with Crippen LogP contribution in [0.2, 0.25) is 0 Å². The lowest BCUT2D eigenvalue weighted by atomic mass is 9.88. The van der Waals surface area contributed by atoms with Crippen LogP contribution in [0.5, 0.6) is 11.5 Å². The standard InChI is InChI=1S/C34H42N4O2/c1-24-30-21-27(7-11-31(30)35-34(24)28-8-12-32(39-3)33(22-28)40-4)26-13-15-37(16-14-26)23-25-5-9-29(10-6-25)38-19-17-36(2)18-20-38/h5-12,21-22,26,35H,13-20,23H2,1-4H3. The number of fused-ring (bicyclic) bond motifs is 1. The summed E-state index contributed by atoms with van der Waals surface area (Å²) >= 11 is 0. The molecule has 6 nitrogen and oxygen atoms in total. The normalized spacial score (nSPS) is 17.4. The molecule has 0 unspecified atom stereocenters. The van der Waals surface area contributed by atoms with E-state index in [0.717, 1.165) is 68.6 Å². The van der Waals surface area contributed by atoms with E-state index >= 15 is 0 Å². The number of likely N-dealkylation sites (tertiary alicyclic amines) is 1. The highest BCUT2D eigenvalue weighted by Gasteiger charge is 2.22. The summed E-state index contributed by atoms with van der Waals surface area (Å²) in [6, 6.07) is 22.4. The Morgan fingerprint density at radius 1 is 0.800 bits per heavy atom. The van der Waals surface area contributed by atoms with Crippen molar-refractivity contribution in [2.75, 3.05) is 65.4 Å². The van der Waals surface area contributed by atoms with Gasteiger partial charge in [0.15, 0.2) is 11.5 Å². The second-order valence-corrected chi connectivity index (χ2v) is 11.5. The van der Waals surface area contributed by atoms with Crippen molar-refractivity contribution in [2.24, 2.45) is 0 Å². The number of hydrogen-bond acceptors (Lipinski definition) is 5. The molecule has 0 atom stereocenters. The fourth-order valence-corrected chi connectivity index (χ4v) is 6.44. The van der Waals surface area contributed by atoms with Crippen LogP contribution in [0.15, 0.2) is 60.7 Å². The maximum atomic E-state index is 5.54. The van der Waals surface area contributed by atoms with Gasteiger partial charge in [0, 0.05) is 60.6 Å². The van der Waals surface area contributed by atoms with Gasteiger partial charge in [0.1, 0.15) is 0 Å². The molecule has 1 aromatic heterocycles. The van der Waals surface area contributed by atoms with Crippen LogP contribution in [-0.4, -0.2) is 75.3 Å². The van der Waals surface area contributed by atoms with Gasteiger partial charge in [-0.25, -0.2) is 0 Å². The summed E-state index contributed by atoms with van der Waals surface area (Å²) in [7, 11) is 5.56. The smallest absolute Gasteiger partial charge is 0.161 e. The van der Waals surface area contributed by atoms with E-state index in [2.05, 4.69) is 82.2 Å². The van der Waals surface area contributed by atoms with Crippen LogP contribution < -0.4 is 14.4 Å².